The van der Waals surface area contributed by atoms with Gasteiger partial charge >= 0.3 is 0 Å². The SMILES string of the molecule is CC(C)(N)C(=O)NC(Cc1cnc[nH]1)C(=O)NC(Cc1ccc2ccccc2c1)C(=O)NCC(=O)NCC(N)=O.CCCCN.Cc1ccccc1. The number of imidazole rings is 1. The highest BCUT2D eigenvalue weighted by molar-refractivity contribution is 5.95. The molecule has 0 saturated carbocycles. The molecule has 52 heavy (non-hydrogen) atoms. The lowest BCUT2D eigenvalue weighted by Gasteiger charge is -2.26. The molecule has 14 heteroatoms. The fraction of sp³-hybridized carbons (Fsp3) is 0.368. The number of nitrogens with zero attached hydrogens (tertiary/aromatic N) is 1. The predicted molar refractivity (Wildman–Crippen MR) is 202 cm³/mol. The van der Waals surface area contributed by atoms with Crippen molar-refractivity contribution in [1.82, 2.24) is 31.2 Å². The minimum absolute atomic E-state index is 0.0630. The fourth-order valence-electron chi connectivity index (χ4n) is 4.53. The second-order valence-corrected chi connectivity index (χ2v) is 12.7. The van der Waals surface area contributed by atoms with Gasteiger partial charge in [-0.05, 0) is 50.1 Å². The van der Waals surface area contributed by atoms with Gasteiger partial charge in [0.25, 0.3) is 0 Å². The predicted octanol–water partition coefficient (Wildman–Crippen LogP) is 1.51. The number of hydrogen-bond acceptors (Lipinski definition) is 8. The Morgan fingerprint density at radius 1 is 0.827 bits per heavy atom. The lowest BCUT2D eigenvalue weighted by atomic mass is 10.00. The average Bonchev–Trinajstić information content (AvgIpc) is 3.63. The number of aromatic nitrogens is 2. The smallest absolute Gasteiger partial charge is 0.243 e. The maximum Gasteiger partial charge on any atom is 0.243 e. The van der Waals surface area contributed by atoms with Crippen LogP contribution in [0.5, 0.6) is 0 Å². The Morgan fingerprint density at radius 2 is 1.48 bits per heavy atom. The molecule has 1 heterocycles. The third-order valence-corrected chi connectivity index (χ3v) is 7.45. The number of carbonyl (C=O) groups is 5. The summed E-state index contributed by atoms with van der Waals surface area (Å²) in [6.45, 7) is 7.26. The number of rotatable bonds is 15. The first-order valence-corrected chi connectivity index (χ1v) is 17.1. The molecule has 0 aliphatic carbocycles. The van der Waals surface area contributed by atoms with Crippen molar-refractivity contribution in [2.75, 3.05) is 19.6 Å². The quantitative estimate of drug-likeness (QED) is 0.0895. The number of primary amides is 1. The lowest BCUT2D eigenvalue weighted by molar-refractivity contribution is -0.133. The van der Waals surface area contributed by atoms with Crippen molar-refractivity contribution in [2.24, 2.45) is 17.2 Å². The van der Waals surface area contributed by atoms with E-state index in [-0.39, 0.29) is 19.4 Å². The van der Waals surface area contributed by atoms with Crippen molar-refractivity contribution < 1.29 is 24.0 Å². The second-order valence-electron chi connectivity index (χ2n) is 12.7. The van der Waals surface area contributed by atoms with E-state index in [0.717, 1.165) is 22.9 Å². The Bertz CT molecular complexity index is 1700. The van der Waals surface area contributed by atoms with E-state index in [2.05, 4.69) is 57.2 Å². The number of hydrogen-bond donors (Lipinski definition) is 8. The van der Waals surface area contributed by atoms with Crippen LogP contribution in [0.15, 0.2) is 85.3 Å². The Kier molecular flexibility index (Phi) is 18.2. The first-order valence-electron chi connectivity index (χ1n) is 17.1. The minimum atomic E-state index is -1.26. The molecule has 0 radical (unpaired) electrons. The van der Waals surface area contributed by atoms with E-state index < -0.39 is 53.7 Å². The van der Waals surface area contributed by atoms with Gasteiger partial charge in [0.2, 0.25) is 29.5 Å². The van der Waals surface area contributed by atoms with Crippen LogP contribution in [0.25, 0.3) is 10.8 Å². The van der Waals surface area contributed by atoms with E-state index in [0.29, 0.717) is 5.69 Å². The van der Waals surface area contributed by atoms with Crippen LogP contribution in [-0.4, -0.2) is 76.8 Å². The third kappa shape index (κ3) is 16.4. The number of H-pyrrole nitrogens is 1. The second kappa shape index (κ2) is 22.3. The number of carbonyl (C=O) groups excluding carboxylic acids is 5. The Hall–Kier alpha value is -5.60. The monoisotopic (exact) mass is 715 g/mol. The maximum atomic E-state index is 13.5. The van der Waals surface area contributed by atoms with Crippen LogP contribution in [0.4, 0.5) is 0 Å². The first-order chi connectivity index (χ1) is 24.7. The molecule has 2 unspecified atom stereocenters. The molecule has 14 nitrogen and oxygen atoms in total. The van der Waals surface area contributed by atoms with Gasteiger partial charge in [-0.25, -0.2) is 4.98 Å². The summed E-state index contributed by atoms with van der Waals surface area (Å²) >= 11 is 0. The third-order valence-electron chi connectivity index (χ3n) is 7.45. The van der Waals surface area contributed by atoms with Gasteiger partial charge in [-0.1, -0.05) is 91.7 Å². The van der Waals surface area contributed by atoms with Gasteiger partial charge in [0.05, 0.1) is 25.0 Å². The summed E-state index contributed by atoms with van der Waals surface area (Å²) in [5.74, 6) is -3.19. The molecule has 0 fully saturated rings. The zero-order valence-corrected chi connectivity index (χ0v) is 30.4. The summed E-state index contributed by atoms with van der Waals surface area (Å²) in [4.78, 5) is 69.0. The number of aromatic amines is 1. The van der Waals surface area contributed by atoms with Crippen molar-refractivity contribution in [3.8, 4) is 0 Å². The van der Waals surface area contributed by atoms with Gasteiger partial charge in [0.1, 0.15) is 12.1 Å². The number of amides is 5. The molecule has 1 aromatic heterocycles. The van der Waals surface area contributed by atoms with E-state index in [4.69, 9.17) is 17.2 Å². The number of aryl methyl sites for hydroxylation is 1. The summed E-state index contributed by atoms with van der Waals surface area (Å²) in [6.07, 6.45) is 5.50. The van der Waals surface area contributed by atoms with Crippen LogP contribution in [0, 0.1) is 6.92 Å². The van der Waals surface area contributed by atoms with Gasteiger partial charge in [-0.3, -0.25) is 24.0 Å². The van der Waals surface area contributed by atoms with Crippen molar-refractivity contribution in [3.05, 3.63) is 102 Å². The summed E-state index contributed by atoms with van der Waals surface area (Å²) < 4.78 is 0. The molecule has 0 aliphatic rings. The Morgan fingerprint density at radius 3 is 2.02 bits per heavy atom. The molecule has 4 aromatic rings. The van der Waals surface area contributed by atoms with Crippen LogP contribution in [0.3, 0.4) is 0 Å². The van der Waals surface area contributed by atoms with Gasteiger partial charge in [0, 0.05) is 24.7 Å². The average molecular weight is 716 g/mol. The molecule has 0 saturated heterocycles. The maximum absolute atomic E-state index is 13.5. The largest absolute Gasteiger partial charge is 0.368 e. The zero-order chi connectivity index (χ0) is 38.5. The molecule has 3 aromatic carbocycles. The van der Waals surface area contributed by atoms with Crippen molar-refractivity contribution >= 4 is 40.3 Å². The molecule has 4 rings (SSSR count). The molecule has 0 spiro atoms. The molecular weight excluding hydrogens is 662 g/mol. The number of nitrogens with two attached hydrogens (primary N) is 3. The Balaban J connectivity index is 0.000000661. The van der Waals surface area contributed by atoms with E-state index in [9.17, 15) is 24.0 Å². The van der Waals surface area contributed by atoms with Crippen LogP contribution in [-0.2, 0) is 36.8 Å². The van der Waals surface area contributed by atoms with Gasteiger partial charge < -0.3 is 43.5 Å². The Labute approximate surface area is 305 Å². The fourth-order valence-corrected chi connectivity index (χ4v) is 4.53. The van der Waals surface area contributed by atoms with Crippen LogP contribution < -0.4 is 38.5 Å². The zero-order valence-electron chi connectivity index (χ0n) is 30.4. The van der Waals surface area contributed by atoms with E-state index in [1.54, 1.807) is 0 Å². The highest BCUT2D eigenvalue weighted by Gasteiger charge is 2.31. The molecule has 0 bridgehead atoms. The first kappa shape index (κ1) is 42.6. The number of nitrogens with one attached hydrogen (secondary N) is 5. The number of fused-ring (bicyclic) bond motifs is 1. The molecule has 0 aliphatic heterocycles. The van der Waals surface area contributed by atoms with Crippen molar-refractivity contribution in [2.45, 2.75) is 71.0 Å². The van der Waals surface area contributed by atoms with E-state index in [1.807, 2.05) is 60.7 Å². The molecule has 280 valence electrons. The number of unbranched alkanes of at least 4 members (excludes halogenated alkanes) is 1. The van der Waals surface area contributed by atoms with E-state index in [1.165, 1.54) is 44.8 Å². The van der Waals surface area contributed by atoms with Gasteiger partial charge in [-0.2, -0.15) is 0 Å². The normalized spacial score (nSPS) is 11.7. The van der Waals surface area contributed by atoms with Gasteiger partial charge in [0.15, 0.2) is 0 Å². The summed E-state index contributed by atoms with van der Waals surface area (Å²) in [5.41, 5.74) is 17.5. The molecular formula is C38H53N9O5. The number of benzene rings is 3. The van der Waals surface area contributed by atoms with Crippen LogP contribution in [0.1, 0.15) is 50.4 Å². The highest BCUT2D eigenvalue weighted by atomic mass is 16.2. The topological polar surface area (TPSA) is 240 Å². The molecule has 5 amide bonds. The molecule has 2 atom stereocenters. The summed E-state index contributed by atoms with van der Waals surface area (Å²) in [7, 11) is 0. The lowest BCUT2D eigenvalue weighted by Crippen LogP contribution is -2.59. The van der Waals surface area contributed by atoms with Crippen LogP contribution >= 0.6 is 0 Å². The summed E-state index contributed by atoms with van der Waals surface area (Å²) in [6, 6.07) is 21.4. The van der Waals surface area contributed by atoms with Crippen LogP contribution in [0.2, 0.25) is 0 Å². The standard InChI is InChI=1S/C27H34N8O5.C7H8.C4H11N/c1-27(2,29)26(40)35-21(11-19-12-30-15-33-19)25(39)34-20(24(38)32-14-23(37)31-13-22(28)36)10-16-7-8-17-5-3-4-6-18(17)9-16;1-7-5-3-2-4-6-7;1-2-3-4-5/h3-9,12,15,20-21H,10-11,13-14,29H2,1-2H3,(H2,28,36)(H,30,33)(H,31,37)(H,32,38)(H,34,39)(H,35,40);2-6H,1H3;2-5H2,1H3. The van der Waals surface area contributed by atoms with E-state index >= 15 is 0 Å². The van der Waals surface area contributed by atoms with Gasteiger partial charge in [-0.15, -0.1) is 0 Å². The summed E-state index contributed by atoms with van der Waals surface area (Å²) in [5, 5.41) is 12.1. The minimum Gasteiger partial charge on any atom is -0.368 e. The van der Waals surface area contributed by atoms with Crippen molar-refractivity contribution in [1.29, 1.82) is 0 Å². The highest BCUT2D eigenvalue weighted by Crippen LogP contribution is 2.17. The molecule has 11 N–H and O–H groups in total. The van der Waals surface area contributed by atoms with Crippen molar-refractivity contribution in [3.63, 3.8) is 0 Å².